The molecule has 1 aromatic rings. The zero-order valence-corrected chi connectivity index (χ0v) is 12.6. The Morgan fingerprint density at radius 3 is 2.61 bits per heavy atom. The van der Waals surface area contributed by atoms with E-state index in [1.165, 1.54) is 12.1 Å². The van der Waals surface area contributed by atoms with Crippen LogP contribution < -0.4 is 0 Å². The molecule has 2 aliphatic rings. The molecule has 128 valence electrons. The van der Waals surface area contributed by atoms with Crippen molar-refractivity contribution in [3.63, 3.8) is 0 Å². The molecule has 23 heavy (non-hydrogen) atoms. The van der Waals surface area contributed by atoms with Gasteiger partial charge in [-0.3, -0.25) is 0 Å². The normalized spacial score (nSPS) is 24.3. The fourth-order valence-electron chi connectivity index (χ4n) is 2.74. The Bertz CT molecular complexity index is 549. The van der Waals surface area contributed by atoms with Gasteiger partial charge in [-0.05, 0) is 36.5 Å². The molecule has 0 spiro atoms. The van der Waals surface area contributed by atoms with Crippen LogP contribution in [-0.2, 0) is 32.6 Å². The predicted octanol–water partition coefficient (Wildman–Crippen LogP) is 2.97. The summed E-state index contributed by atoms with van der Waals surface area (Å²) in [5, 5.41) is 10.2. The first-order chi connectivity index (χ1) is 10.9. The molecule has 1 aromatic carbocycles. The molecule has 2 saturated heterocycles. The highest BCUT2D eigenvalue weighted by Crippen LogP contribution is 2.37. The molecule has 0 bridgehead atoms. The third-order valence-electron chi connectivity index (χ3n) is 4.20. The van der Waals surface area contributed by atoms with E-state index in [4.69, 9.17) is 14.2 Å². The van der Waals surface area contributed by atoms with Crippen LogP contribution >= 0.6 is 0 Å². The van der Waals surface area contributed by atoms with Crippen LogP contribution in [0.4, 0.5) is 13.2 Å². The van der Waals surface area contributed by atoms with Gasteiger partial charge in [0.05, 0.1) is 25.4 Å². The van der Waals surface area contributed by atoms with Crippen molar-refractivity contribution in [2.45, 2.75) is 43.9 Å². The van der Waals surface area contributed by atoms with E-state index >= 15 is 0 Å². The molecule has 0 aliphatic carbocycles. The van der Waals surface area contributed by atoms with Gasteiger partial charge in [0.2, 0.25) is 0 Å². The van der Waals surface area contributed by atoms with Gasteiger partial charge in [0.15, 0.2) is 6.29 Å². The van der Waals surface area contributed by atoms with Crippen molar-refractivity contribution < 1.29 is 32.5 Å². The molecule has 0 saturated carbocycles. The molecule has 0 radical (unpaired) electrons. The van der Waals surface area contributed by atoms with Crippen LogP contribution in [0.3, 0.4) is 0 Å². The number of alkyl halides is 3. The number of benzene rings is 1. The van der Waals surface area contributed by atoms with Crippen LogP contribution in [-0.4, -0.2) is 31.2 Å². The minimum Gasteiger partial charge on any atom is -0.380 e. The summed E-state index contributed by atoms with van der Waals surface area (Å²) in [6.45, 7) is 0.420. The molecular formula is C16H19F3O4. The maximum atomic E-state index is 13.3. The summed E-state index contributed by atoms with van der Waals surface area (Å²) >= 11 is 0. The molecule has 3 rings (SSSR count). The third kappa shape index (κ3) is 3.68. The Hall–Kier alpha value is -1.15. The third-order valence-corrected chi connectivity index (χ3v) is 4.20. The van der Waals surface area contributed by atoms with Gasteiger partial charge in [0, 0.05) is 6.61 Å². The van der Waals surface area contributed by atoms with E-state index in [0.29, 0.717) is 13.0 Å². The fraction of sp³-hybridized carbons (Fsp3) is 0.625. The van der Waals surface area contributed by atoms with Crippen molar-refractivity contribution in [3.8, 4) is 0 Å². The van der Waals surface area contributed by atoms with Crippen LogP contribution in [0.5, 0.6) is 0 Å². The van der Waals surface area contributed by atoms with Crippen LogP contribution in [0.1, 0.15) is 36.0 Å². The predicted molar refractivity (Wildman–Crippen MR) is 74.5 cm³/mol. The second-order valence-corrected chi connectivity index (χ2v) is 6.00. The monoisotopic (exact) mass is 332 g/mol. The molecule has 2 aliphatic heterocycles. The molecule has 0 aromatic heterocycles. The second kappa shape index (κ2) is 6.39. The van der Waals surface area contributed by atoms with E-state index in [-0.39, 0.29) is 30.9 Å². The maximum Gasteiger partial charge on any atom is 0.416 e. The van der Waals surface area contributed by atoms with Gasteiger partial charge in [0.25, 0.3) is 0 Å². The van der Waals surface area contributed by atoms with Crippen LogP contribution in [0.2, 0.25) is 0 Å². The summed E-state index contributed by atoms with van der Waals surface area (Å²) in [6.07, 6.45) is -2.38. The lowest BCUT2D eigenvalue weighted by atomic mass is 9.89. The van der Waals surface area contributed by atoms with Gasteiger partial charge in [-0.15, -0.1) is 0 Å². The number of aliphatic hydroxyl groups is 1. The Kier molecular flexibility index (Phi) is 4.64. The molecule has 1 N–H and O–H groups in total. The van der Waals surface area contributed by atoms with Crippen molar-refractivity contribution in [2.24, 2.45) is 0 Å². The Morgan fingerprint density at radius 2 is 2.04 bits per heavy atom. The van der Waals surface area contributed by atoms with Gasteiger partial charge in [0.1, 0.15) is 5.60 Å². The topological polar surface area (TPSA) is 47.9 Å². The zero-order chi connectivity index (χ0) is 16.5. The van der Waals surface area contributed by atoms with Gasteiger partial charge < -0.3 is 19.3 Å². The number of hydrogen-bond acceptors (Lipinski definition) is 4. The van der Waals surface area contributed by atoms with E-state index in [1.54, 1.807) is 0 Å². The maximum absolute atomic E-state index is 13.3. The summed E-state index contributed by atoms with van der Waals surface area (Å²) < 4.78 is 55.6. The first-order valence-electron chi connectivity index (χ1n) is 7.62. The first-order valence-corrected chi connectivity index (χ1v) is 7.62. The average molecular weight is 332 g/mol. The standard InChI is InChI=1S/C16H19F3O4/c17-16(18,19)13-7-12(15(20)9-21-10-15)5-4-11(13)8-23-14-3-1-2-6-22-14/h4-5,7,14,20H,1-3,6,8-10H2. The smallest absolute Gasteiger partial charge is 0.380 e. The molecule has 1 atom stereocenters. The van der Waals surface area contributed by atoms with Gasteiger partial charge in [-0.2, -0.15) is 13.2 Å². The van der Waals surface area contributed by atoms with Gasteiger partial charge in [-0.1, -0.05) is 12.1 Å². The lowest BCUT2D eigenvalue weighted by Crippen LogP contribution is -2.46. The van der Waals surface area contributed by atoms with E-state index in [2.05, 4.69) is 0 Å². The lowest BCUT2D eigenvalue weighted by Gasteiger charge is -2.37. The van der Waals surface area contributed by atoms with E-state index in [1.807, 2.05) is 0 Å². The van der Waals surface area contributed by atoms with Gasteiger partial charge >= 0.3 is 6.18 Å². The first kappa shape index (κ1) is 16.7. The van der Waals surface area contributed by atoms with Gasteiger partial charge in [-0.25, -0.2) is 0 Å². The summed E-state index contributed by atoms with van der Waals surface area (Å²) in [7, 11) is 0. The molecule has 7 heteroatoms. The van der Waals surface area contributed by atoms with Crippen LogP contribution in [0.15, 0.2) is 18.2 Å². The quantitative estimate of drug-likeness (QED) is 0.921. The Morgan fingerprint density at radius 1 is 1.26 bits per heavy atom. The van der Waals surface area contributed by atoms with Crippen LogP contribution in [0.25, 0.3) is 0 Å². The minimum atomic E-state index is -4.51. The van der Waals surface area contributed by atoms with Crippen molar-refractivity contribution in [1.29, 1.82) is 0 Å². The fourth-order valence-corrected chi connectivity index (χ4v) is 2.74. The largest absolute Gasteiger partial charge is 0.416 e. The summed E-state index contributed by atoms with van der Waals surface area (Å²) in [5.74, 6) is 0. The SMILES string of the molecule is OC1(c2ccc(COC3CCCCO3)c(C(F)(F)F)c2)COC1. The minimum absolute atomic E-state index is 0.00998. The summed E-state index contributed by atoms with van der Waals surface area (Å²) in [6, 6.07) is 3.85. The second-order valence-electron chi connectivity index (χ2n) is 6.00. The zero-order valence-electron chi connectivity index (χ0n) is 12.6. The molecular weight excluding hydrogens is 313 g/mol. The lowest BCUT2D eigenvalue weighted by molar-refractivity contribution is -0.185. The van der Waals surface area contributed by atoms with E-state index < -0.39 is 23.6 Å². The molecule has 2 heterocycles. The molecule has 4 nitrogen and oxygen atoms in total. The Balaban J connectivity index is 1.78. The van der Waals surface area contributed by atoms with Crippen molar-refractivity contribution in [2.75, 3.05) is 19.8 Å². The Labute approximate surface area is 132 Å². The van der Waals surface area contributed by atoms with E-state index in [0.717, 1.165) is 18.9 Å². The number of hydrogen-bond donors (Lipinski definition) is 1. The molecule has 0 amide bonds. The van der Waals surface area contributed by atoms with Crippen molar-refractivity contribution in [1.82, 2.24) is 0 Å². The molecule has 2 fully saturated rings. The average Bonchev–Trinajstić information content (AvgIpc) is 2.50. The number of halogens is 3. The summed E-state index contributed by atoms with van der Waals surface area (Å²) in [4.78, 5) is 0. The van der Waals surface area contributed by atoms with Crippen LogP contribution in [0, 0.1) is 0 Å². The molecule has 1 unspecified atom stereocenters. The van der Waals surface area contributed by atoms with Crippen molar-refractivity contribution in [3.05, 3.63) is 34.9 Å². The number of ether oxygens (including phenoxy) is 3. The highest BCUT2D eigenvalue weighted by atomic mass is 19.4. The summed E-state index contributed by atoms with van der Waals surface area (Å²) in [5.41, 5.74) is -1.86. The van der Waals surface area contributed by atoms with Crippen molar-refractivity contribution >= 4 is 0 Å². The van der Waals surface area contributed by atoms with E-state index in [9.17, 15) is 18.3 Å². The highest BCUT2D eigenvalue weighted by Gasteiger charge is 2.41. The number of rotatable bonds is 4. The highest BCUT2D eigenvalue weighted by molar-refractivity contribution is 5.37.